The Hall–Kier alpha value is -1.71. The third kappa shape index (κ3) is 1.71. The number of hydrogen-bond acceptors (Lipinski definition) is 3. The molecule has 0 saturated carbocycles. The van der Waals surface area contributed by atoms with Gasteiger partial charge in [-0.1, -0.05) is 0 Å². The lowest BCUT2D eigenvalue weighted by Gasteiger charge is -2.18. The fraction of sp³-hybridized carbons (Fsp3) is 0.417. The lowest BCUT2D eigenvalue weighted by Crippen LogP contribution is -2.27. The maximum Gasteiger partial charge on any atom is 0.230 e. The van der Waals surface area contributed by atoms with Crippen molar-refractivity contribution in [2.75, 3.05) is 17.7 Å². The van der Waals surface area contributed by atoms with Gasteiger partial charge in [0.2, 0.25) is 5.91 Å². The number of hydrogen-bond donors (Lipinski definition) is 1. The quantitative estimate of drug-likeness (QED) is 0.677. The Kier molecular flexibility index (Phi) is 2.50. The highest BCUT2D eigenvalue weighted by molar-refractivity contribution is 5.96. The van der Waals surface area contributed by atoms with Crippen molar-refractivity contribution < 1.29 is 9.53 Å². The number of nitrogen functional groups attached to an aromatic ring is 1. The zero-order valence-corrected chi connectivity index (χ0v) is 9.78. The van der Waals surface area contributed by atoms with Crippen molar-refractivity contribution in [1.82, 2.24) is 0 Å². The molecule has 1 aliphatic heterocycles. The first-order valence-electron chi connectivity index (χ1n) is 5.32. The predicted molar refractivity (Wildman–Crippen MR) is 63.7 cm³/mol. The van der Waals surface area contributed by atoms with Crippen molar-refractivity contribution >= 4 is 17.3 Å². The van der Waals surface area contributed by atoms with Crippen LogP contribution in [0.15, 0.2) is 12.1 Å². The summed E-state index contributed by atoms with van der Waals surface area (Å²) in [4.78, 5) is 13.4. The molecule has 16 heavy (non-hydrogen) atoms. The van der Waals surface area contributed by atoms with Crippen molar-refractivity contribution in [3.05, 3.63) is 17.7 Å². The van der Waals surface area contributed by atoms with E-state index in [0.717, 1.165) is 17.0 Å². The second kappa shape index (κ2) is 3.70. The molecule has 0 bridgehead atoms. The second-order valence-corrected chi connectivity index (χ2v) is 4.27. The number of rotatable bonds is 0. The van der Waals surface area contributed by atoms with Gasteiger partial charge in [-0.05, 0) is 31.5 Å². The Morgan fingerprint density at radius 2 is 2.19 bits per heavy atom. The van der Waals surface area contributed by atoms with Gasteiger partial charge in [0.15, 0.2) is 0 Å². The number of benzene rings is 1. The molecule has 1 unspecified atom stereocenters. The van der Waals surface area contributed by atoms with Crippen LogP contribution in [0.1, 0.15) is 18.9 Å². The number of nitrogens with zero attached hydrogens (tertiary/aromatic N) is 1. The predicted octanol–water partition coefficient (Wildman–Crippen LogP) is 1.71. The van der Waals surface area contributed by atoms with E-state index in [1.807, 2.05) is 19.9 Å². The number of carbonyl (C=O) groups excluding carboxylic acids is 1. The first-order chi connectivity index (χ1) is 7.49. The summed E-state index contributed by atoms with van der Waals surface area (Å²) in [6.45, 7) is 3.84. The molecule has 1 aromatic carbocycles. The van der Waals surface area contributed by atoms with E-state index in [2.05, 4.69) is 0 Å². The third-order valence-corrected chi connectivity index (χ3v) is 2.79. The highest BCUT2D eigenvalue weighted by Gasteiger charge is 2.25. The van der Waals surface area contributed by atoms with Crippen LogP contribution in [0.3, 0.4) is 0 Å². The van der Waals surface area contributed by atoms with Crippen LogP contribution in [0.2, 0.25) is 0 Å². The van der Waals surface area contributed by atoms with Crippen LogP contribution in [0.4, 0.5) is 11.4 Å². The monoisotopic (exact) mass is 220 g/mol. The molecule has 0 fully saturated rings. The van der Waals surface area contributed by atoms with Crippen LogP contribution in [0.5, 0.6) is 5.75 Å². The zero-order chi connectivity index (χ0) is 11.9. The topological polar surface area (TPSA) is 55.6 Å². The number of aryl methyl sites for hydroxylation is 1. The first kappa shape index (κ1) is 10.8. The Balaban J connectivity index is 2.59. The summed E-state index contributed by atoms with van der Waals surface area (Å²) in [7, 11) is 1.75. The van der Waals surface area contributed by atoms with E-state index in [1.165, 1.54) is 0 Å². The molecule has 1 atom stereocenters. The SMILES string of the molecule is Cc1cc(N)cc2c1OC(C)CC(=O)N2C. The Morgan fingerprint density at radius 3 is 2.88 bits per heavy atom. The van der Waals surface area contributed by atoms with E-state index in [-0.39, 0.29) is 12.0 Å². The molecule has 1 heterocycles. The van der Waals surface area contributed by atoms with Crippen LogP contribution in [0, 0.1) is 6.92 Å². The third-order valence-electron chi connectivity index (χ3n) is 2.79. The van der Waals surface area contributed by atoms with Crippen molar-refractivity contribution in [2.45, 2.75) is 26.4 Å². The maximum absolute atomic E-state index is 11.8. The summed E-state index contributed by atoms with van der Waals surface area (Å²) in [6.07, 6.45) is 0.295. The summed E-state index contributed by atoms with van der Waals surface area (Å²) in [5.41, 5.74) is 8.15. The summed E-state index contributed by atoms with van der Waals surface area (Å²) in [5, 5.41) is 0. The smallest absolute Gasteiger partial charge is 0.230 e. The van der Waals surface area contributed by atoms with Gasteiger partial charge in [-0.25, -0.2) is 0 Å². The van der Waals surface area contributed by atoms with Crippen molar-refractivity contribution in [3.63, 3.8) is 0 Å². The lowest BCUT2D eigenvalue weighted by atomic mass is 10.1. The number of ether oxygens (including phenoxy) is 1. The summed E-state index contributed by atoms with van der Waals surface area (Å²) in [5.74, 6) is 0.811. The van der Waals surface area contributed by atoms with Gasteiger partial charge in [0.1, 0.15) is 11.9 Å². The summed E-state index contributed by atoms with van der Waals surface area (Å²) >= 11 is 0. The molecule has 0 aromatic heterocycles. The largest absolute Gasteiger partial charge is 0.488 e. The molecule has 1 aromatic rings. The van der Waals surface area contributed by atoms with E-state index in [4.69, 9.17) is 10.5 Å². The van der Waals surface area contributed by atoms with Crippen LogP contribution in [-0.4, -0.2) is 19.1 Å². The minimum absolute atomic E-state index is 0.0521. The molecule has 86 valence electrons. The minimum atomic E-state index is -0.0986. The van der Waals surface area contributed by atoms with Crippen molar-refractivity contribution in [1.29, 1.82) is 0 Å². The summed E-state index contributed by atoms with van der Waals surface area (Å²) in [6, 6.07) is 3.63. The average Bonchev–Trinajstić information content (AvgIpc) is 2.29. The van der Waals surface area contributed by atoms with Crippen LogP contribution < -0.4 is 15.4 Å². The van der Waals surface area contributed by atoms with Crippen LogP contribution >= 0.6 is 0 Å². The van der Waals surface area contributed by atoms with Gasteiger partial charge < -0.3 is 15.4 Å². The first-order valence-corrected chi connectivity index (χ1v) is 5.32. The molecule has 1 aliphatic rings. The molecular weight excluding hydrogens is 204 g/mol. The number of carbonyl (C=O) groups is 1. The van der Waals surface area contributed by atoms with Crippen LogP contribution in [-0.2, 0) is 4.79 Å². The Morgan fingerprint density at radius 1 is 1.50 bits per heavy atom. The highest BCUT2D eigenvalue weighted by atomic mass is 16.5. The molecular formula is C12H16N2O2. The van der Waals surface area contributed by atoms with E-state index >= 15 is 0 Å². The highest BCUT2D eigenvalue weighted by Crippen LogP contribution is 2.37. The van der Waals surface area contributed by atoms with Gasteiger partial charge >= 0.3 is 0 Å². The second-order valence-electron chi connectivity index (χ2n) is 4.27. The minimum Gasteiger partial charge on any atom is -0.488 e. The molecule has 0 aliphatic carbocycles. The number of fused-ring (bicyclic) bond motifs is 1. The lowest BCUT2D eigenvalue weighted by molar-refractivity contribution is -0.119. The van der Waals surface area contributed by atoms with Gasteiger partial charge in [0.05, 0.1) is 12.1 Å². The molecule has 4 heteroatoms. The van der Waals surface area contributed by atoms with Gasteiger partial charge in [-0.15, -0.1) is 0 Å². The standard InChI is InChI=1S/C12H16N2O2/c1-7-4-9(13)6-10-12(7)16-8(2)5-11(15)14(10)3/h4,6,8H,5,13H2,1-3H3. The van der Waals surface area contributed by atoms with Gasteiger partial charge in [0.25, 0.3) is 0 Å². The molecule has 0 radical (unpaired) electrons. The Bertz CT molecular complexity index is 443. The van der Waals surface area contributed by atoms with Gasteiger partial charge in [-0.3, -0.25) is 4.79 Å². The Labute approximate surface area is 95.0 Å². The number of amides is 1. The fourth-order valence-electron chi connectivity index (χ4n) is 1.95. The van der Waals surface area contributed by atoms with Gasteiger partial charge in [0, 0.05) is 12.7 Å². The molecule has 4 nitrogen and oxygen atoms in total. The van der Waals surface area contributed by atoms with Crippen LogP contribution in [0.25, 0.3) is 0 Å². The zero-order valence-electron chi connectivity index (χ0n) is 9.78. The molecule has 1 amide bonds. The van der Waals surface area contributed by atoms with E-state index in [0.29, 0.717) is 12.1 Å². The molecule has 2 N–H and O–H groups in total. The van der Waals surface area contributed by atoms with Crippen molar-refractivity contribution in [3.8, 4) is 5.75 Å². The van der Waals surface area contributed by atoms with E-state index in [1.54, 1.807) is 18.0 Å². The maximum atomic E-state index is 11.8. The molecule has 0 spiro atoms. The van der Waals surface area contributed by atoms with Gasteiger partial charge in [-0.2, -0.15) is 0 Å². The number of nitrogens with two attached hydrogens (primary N) is 1. The van der Waals surface area contributed by atoms with E-state index < -0.39 is 0 Å². The van der Waals surface area contributed by atoms with E-state index in [9.17, 15) is 4.79 Å². The number of anilines is 2. The fourth-order valence-corrected chi connectivity index (χ4v) is 1.95. The average molecular weight is 220 g/mol. The van der Waals surface area contributed by atoms with Crippen molar-refractivity contribution in [2.24, 2.45) is 0 Å². The summed E-state index contributed by atoms with van der Waals surface area (Å²) < 4.78 is 5.77. The molecule has 0 saturated heterocycles. The molecule has 2 rings (SSSR count). The normalized spacial score (nSPS) is 20.1.